The Labute approximate surface area is 113 Å². The molecule has 2 aromatic rings. The van der Waals surface area contributed by atoms with Gasteiger partial charge in [0.05, 0.1) is 5.56 Å². The summed E-state index contributed by atoms with van der Waals surface area (Å²) >= 11 is 0. The van der Waals surface area contributed by atoms with Crippen molar-refractivity contribution in [1.82, 2.24) is 0 Å². The first-order valence-corrected chi connectivity index (χ1v) is 6.29. The molecule has 0 saturated heterocycles. The van der Waals surface area contributed by atoms with Gasteiger partial charge in [-0.3, -0.25) is 0 Å². The van der Waals surface area contributed by atoms with Crippen molar-refractivity contribution in [3.8, 4) is 0 Å². The van der Waals surface area contributed by atoms with Crippen molar-refractivity contribution in [3.05, 3.63) is 54.1 Å². The highest BCUT2D eigenvalue weighted by molar-refractivity contribution is 5.96. The minimum atomic E-state index is -0.477. The number of hydrogen-bond donors (Lipinski definition) is 0. The van der Waals surface area contributed by atoms with Gasteiger partial charge in [0, 0.05) is 0 Å². The van der Waals surface area contributed by atoms with Crippen LogP contribution in [-0.4, -0.2) is 11.6 Å². The van der Waals surface area contributed by atoms with Crippen LogP contribution < -0.4 is 0 Å². The third kappa shape index (κ3) is 3.22. The number of fused-ring (bicyclic) bond motifs is 1. The molecule has 0 spiro atoms. The number of benzene rings is 2. The van der Waals surface area contributed by atoms with Gasteiger partial charge in [-0.1, -0.05) is 30.9 Å². The second-order valence-electron chi connectivity index (χ2n) is 5.53. The average Bonchev–Trinajstić information content (AvgIpc) is 2.35. The Hall–Kier alpha value is -2.09. The lowest BCUT2D eigenvalue weighted by Gasteiger charge is -2.19. The van der Waals surface area contributed by atoms with Crippen LogP contribution in [0.15, 0.2) is 43.0 Å². The van der Waals surface area contributed by atoms with E-state index in [-0.39, 0.29) is 5.97 Å². The Morgan fingerprint density at radius 1 is 1.11 bits per heavy atom. The Morgan fingerprint density at radius 3 is 2.42 bits per heavy atom. The van der Waals surface area contributed by atoms with Crippen molar-refractivity contribution in [3.63, 3.8) is 0 Å². The molecule has 2 aromatic carbocycles. The van der Waals surface area contributed by atoms with E-state index in [0.717, 1.165) is 16.3 Å². The number of carbonyl (C=O) groups is 1. The van der Waals surface area contributed by atoms with Crippen LogP contribution in [-0.2, 0) is 4.74 Å². The summed E-state index contributed by atoms with van der Waals surface area (Å²) in [4.78, 5) is 12.0. The number of esters is 1. The molecule has 0 aliphatic carbocycles. The molecule has 0 saturated carbocycles. The molecule has 0 amide bonds. The monoisotopic (exact) mass is 254 g/mol. The van der Waals surface area contributed by atoms with Gasteiger partial charge < -0.3 is 4.74 Å². The van der Waals surface area contributed by atoms with Crippen LogP contribution in [0.4, 0.5) is 0 Å². The molecule has 0 radical (unpaired) electrons. The minimum Gasteiger partial charge on any atom is -0.456 e. The van der Waals surface area contributed by atoms with Gasteiger partial charge in [0.15, 0.2) is 0 Å². The number of carbonyl (C=O) groups excluding carboxylic acids is 1. The minimum absolute atomic E-state index is 0.293. The van der Waals surface area contributed by atoms with Crippen molar-refractivity contribution in [1.29, 1.82) is 0 Å². The predicted molar refractivity (Wildman–Crippen MR) is 79.2 cm³/mol. The molecule has 0 aromatic heterocycles. The smallest absolute Gasteiger partial charge is 0.338 e. The van der Waals surface area contributed by atoms with Gasteiger partial charge in [0.2, 0.25) is 0 Å². The first kappa shape index (κ1) is 13.3. The van der Waals surface area contributed by atoms with Crippen molar-refractivity contribution in [2.75, 3.05) is 0 Å². The number of hydrogen-bond acceptors (Lipinski definition) is 2. The van der Waals surface area contributed by atoms with E-state index in [1.165, 1.54) is 0 Å². The van der Waals surface area contributed by atoms with Crippen LogP contribution in [0.5, 0.6) is 0 Å². The zero-order chi connectivity index (χ0) is 14.0. The lowest BCUT2D eigenvalue weighted by atomic mass is 10.0. The zero-order valence-electron chi connectivity index (χ0n) is 11.6. The molecule has 0 aliphatic rings. The third-order valence-corrected chi connectivity index (χ3v) is 2.73. The van der Waals surface area contributed by atoms with Crippen LogP contribution in [0.2, 0.25) is 0 Å². The van der Waals surface area contributed by atoms with Gasteiger partial charge in [-0.15, -0.1) is 0 Å². The molecular weight excluding hydrogens is 236 g/mol. The van der Waals surface area contributed by atoms with E-state index >= 15 is 0 Å². The maximum Gasteiger partial charge on any atom is 0.338 e. The third-order valence-electron chi connectivity index (χ3n) is 2.73. The first-order valence-electron chi connectivity index (χ1n) is 6.29. The summed E-state index contributed by atoms with van der Waals surface area (Å²) < 4.78 is 5.37. The van der Waals surface area contributed by atoms with Gasteiger partial charge in [0.25, 0.3) is 0 Å². The van der Waals surface area contributed by atoms with E-state index in [1.54, 1.807) is 12.1 Å². The Bertz CT molecular complexity index is 633. The predicted octanol–water partition coefficient (Wildman–Crippen LogP) is 4.44. The van der Waals surface area contributed by atoms with Crippen LogP contribution in [0.1, 0.15) is 36.7 Å². The van der Waals surface area contributed by atoms with E-state index < -0.39 is 5.60 Å². The van der Waals surface area contributed by atoms with Crippen LogP contribution in [0.25, 0.3) is 16.8 Å². The molecule has 0 aliphatic heterocycles. The van der Waals surface area contributed by atoms with Crippen LogP contribution in [0.3, 0.4) is 0 Å². The summed E-state index contributed by atoms with van der Waals surface area (Å²) in [5, 5.41) is 2.11. The molecule has 0 bridgehead atoms. The Kier molecular flexibility index (Phi) is 3.43. The number of ether oxygens (including phenoxy) is 1. The average molecular weight is 254 g/mol. The fourth-order valence-electron chi connectivity index (χ4n) is 1.86. The fraction of sp³-hybridized carbons (Fsp3) is 0.235. The van der Waals surface area contributed by atoms with E-state index in [9.17, 15) is 4.79 Å². The quantitative estimate of drug-likeness (QED) is 0.741. The van der Waals surface area contributed by atoms with E-state index in [1.807, 2.05) is 51.1 Å². The van der Waals surface area contributed by atoms with Gasteiger partial charge in [-0.05, 0) is 55.3 Å². The maximum absolute atomic E-state index is 12.0. The normalized spacial score (nSPS) is 11.3. The molecular formula is C17H18O2. The van der Waals surface area contributed by atoms with Crippen molar-refractivity contribution in [2.24, 2.45) is 0 Å². The molecule has 0 heterocycles. The molecule has 2 rings (SSSR count). The molecule has 19 heavy (non-hydrogen) atoms. The van der Waals surface area contributed by atoms with Gasteiger partial charge >= 0.3 is 5.97 Å². The van der Waals surface area contributed by atoms with Crippen LogP contribution in [0, 0.1) is 0 Å². The topological polar surface area (TPSA) is 26.3 Å². The number of rotatable bonds is 2. The zero-order valence-corrected chi connectivity index (χ0v) is 11.6. The van der Waals surface area contributed by atoms with Gasteiger partial charge in [0.1, 0.15) is 5.60 Å². The fourth-order valence-corrected chi connectivity index (χ4v) is 1.86. The van der Waals surface area contributed by atoms with E-state index in [2.05, 4.69) is 6.58 Å². The van der Waals surface area contributed by atoms with Gasteiger partial charge in [-0.2, -0.15) is 0 Å². The lowest BCUT2D eigenvalue weighted by Crippen LogP contribution is -2.23. The summed E-state index contributed by atoms with van der Waals surface area (Å²) in [6.07, 6.45) is 1.79. The SMILES string of the molecule is C=Cc1ccc2ccc(C(=O)OC(C)(C)C)cc2c1. The second-order valence-corrected chi connectivity index (χ2v) is 5.53. The van der Waals surface area contributed by atoms with Gasteiger partial charge in [-0.25, -0.2) is 4.79 Å². The highest BCUT2D eigenvalue weighted by Crippen LogP contribution is 2.20. The molecule has 98 valence electrons. The molecule has 0 unspecified atom stereocenters. The van der Waals surface area contributed by atoms with E-state index in [4.69, 9.17) is 4.74 Å². The second kappa shape index (κ2) is 4.88. The largest absolute Gasteiger partial charge is 0.456 e. The highest BCUT2D eigenvalue weighted by Gasteiger charge is 2.17. The molecule has 2 heteroatoms. The molecule has 0 atom stereocenters. The Morgan fingerprint density at radius 2 is 1.79 bits per heavy atom. The molecule has 0 fully saturated rings. The van der Waals surface area contributed by atoms with Crippen molar-refractivity contribution >= 4 is 22.8 Å². The van der Waals surface area contributed by atoms with Crippen molar-refractivity contribution < 1.29 is 9.53 Å². The summed E-state index contributed by atoms with van der Waals surface area (Å²) in [5.74, 6) is -0.293. The molecule has 2 nitrogen and oxygen atoms in total. The van der Waals surface area contributed by atoms with Crippen LogP contribution >= 0.6 is 0 Å². The molecule has 0 N–H and O–H groups in total. The maximum atomic E-state index is 12.0. The summed E-state index contributed by atoms with van der Waals surface area (Å²) in [6, 6.07) is 11.6. The first-order chi connectivity index (χ1) is 8.89. The van der Waals surface area contributed by atoms with Crippen molar-refractivity contribution in [2.45, 2.75) is 26.4 Å². The standard InChI is InChI=1S/C17H18O2/c1-5-12-6-7-13-8-9-14(11-15(13)10-12)16(18)19-17(2,3)4/h5-11H,1H2,2-4H3. The lowest BCUT2D eigenvalue weighted by molar-refractivity contribution is 0.00697. The van der Waals surface area contributed by atoms with E-state index in [0.29, 0.717) is 5.56 Å². The Balaban J connectivity index is 2.40. The summed E-state index contributed by atoms with van der Waals surface area (Å²) in [5.41, 5.74) is 1.13. The highest BCUT2D eigenvalue weighted by atomic mass is 16.6. The summed E-state index contributed by atoms with van der Waals surface area (Å²) in [6.45, 7) is 9.34. The summed E-state index contributed by atoms with van der Waals surface area (Å²) in [7, 11) is 0.